The lowest BCUT2D eigenvalue weighted by Gasteiger charge is -2.18. The van der Waals surface area contributed by atoms with Crippen molar-refractivity contribution >= 4 is 20.6 Å². The Morgan fingerprint density at radius 2 is 1.22 bits per heavy atom. The van der Waals surface area contributed by atoms with Crippen LogP contribution in [-0.4, -0.2) is 0 Å². The van der Waals surface area contributed by atoms with Gasteiger partial charge in [-0.05, 0) is 36.1 Å². The number of rotatable bonds is 2. The highest BCUT2D eigenvalue weighted by Crippen LogP contribution is 2.38. The standard InChI is InChI=1S/C15H19N2P/c1-9-5-3-7-11(13(9)16)15(18)12-8-4-6-10(2)14(12)17/h3-8,15H,16-18H2,1-2H3. The Morgan fingerprint density at radius 3 is 1.61 bits per heavy atom. The highest BCUT2D eigenvalue weighted by atomic mass is 31.0. The Bertz CT molecular complexity index is 527. The van der Waals surface area contributed by atoms with E-state index in [1.165, 1.54) is 0 Å². The first-order valence-electron chi connectivity index (χ1n) is 5.98. The molecule has 0 saturated heterocycles. The lowest BCUT2D eigenvalue weighted by molar-refractivity contribution is 1.15. The molecule has 18 heavy (non-hydrogen) atoms. The molecule has 2 rings (SSSR count). The zero-order valence-corrected chi connectivity index (χ0v) is 11.9. The monoisotopic (exact) mass is 258 g/mol. The van der Waals surface area contributed by atoms with Crippen LogP contribution in [0.25, 0.3) is 0 Å². The van der Waals surface area contributed by atoms with E-state index in [9.17, 15) is 0 Å². The molecule has 0 amide bonds. The predicted octanol–water partition coefficient (Wildman–Crippen LogP) is 3.43. The van der Waals surface area contributed by atoms with Gasteiger partial charge in [0, 0.05) is 17.0 Å². The molecule has 3 heteroatoms. The SMILES string of the molecule is Cc1cccc(C(P)c2cccc(C)c2N)c1N. The summed E-state index contributed by atoms with van der Waals surface area (Å²) >= 11 is 0. The van der Waals surface area contributed by atoms with Crippen LogP contribution in [0.2, 0.25) is 0 Å². The van der Waals surface area contributed by atoms with Crippen molar-refractivity contribution in [2.24, 2.45) is 0 Å². The summed E-state index contributed by atoms with van der Waals surface area (Å²) in [7, 11) is 2.84. The first kappa shape index (κ1) is 12.9. The van der Waals surface area contributed by atoms with Crippen LogP contribution in [0.15, 0.2) is 36.4 Å². The van der Waals surface area contributed by atoms with Crippen LogP contribution in [0, 0.1) is 13.8 Å². The third-order valence-corrected chi connectivity index (χ3v) is 4.10. The summed E-state index contributed by atoms with van der Waals surface area (Å²) in [5.74, 6) is 0. The molecular formula is C15H19N2P. The van der Waals surface area contributed by atoms with Crippen molar-refractivity contribution in [3.63, 3.8) is 0 Å². The number of nitrogens with two attached hydrogens (primary N) is 2. The van der Waals surface area contributed by atoms with E-state index in [1.54, 1.807) is 0 Å². The molecule has 1 unspecified atom stereocenters. The summed E-state index contributed by atoms with van der Waals surface area (Å²) in [6.45, 7) is 4.05. The Balaban J connectivity index is 2.51. The van der Waals surface area contributed by atoms with Crippen molar-refractivity contribution in [3.05, 3.63) is 58.7 Å². The Labute approximate surface area is 111 Å². The zero-order chi connectivity index (χ0) is 13.3. The van der Waals surface area contributed by atoms with Crippen LogP contribution in [-0.2, 0) is 0 Å². The maximum Gasteiger partial charge on any atom is 0.0386 e. The van der Waals surface area contributed by atoms with Gasteiger partial charge in [0.15, 0.2) is 0 Å². The van der Waals surface area contributed by atoms with E-state index in [2.05, 4.69) is 21.4 Å². The fourth-order valence-electron chi connectivity index (χ4n) is 2.12. The van der Waals surface area contributed by atoms with E-state index in [1.807, 2.05) is 38.1 Å². The van der Waals surface area contributed by atoms with Gasteiger partial charge in [0.1, 0.15) is 0 Å². The minimum atomic E-state index is 0.129. The van der Waals surface area contributed by atoms with Crippen molar-refractivity contribution in [3.8, 4) is 0 Å². The van der Waals surface area contributed by atoms with E-state index >= 15 is 0 Å². The molecule has 2 aromatic rings. The molecule has 0 fully saturated rings. The smallest absolute Gasteiger partial charge is 0.0386 e. The molecule has 94 valence electrons. The van der Waals surface area contributed by atoms with Crippen LogP contribution in [0.4, 0.5) is 11.4 Å². The normalized spacial score (nSPS) is 10.9. The average molecular weight is 258 g/mol. The molecule has 0 saturated carbocycles. The van der Waals surface area contributed by atoms with E-state index in [-0.39, 0.29) is 5.66 Å². The van der Waals surface area contributed by atoms with Gasteiger partial charge < -0.3 is 11.5 Å². The molecule has 0 aliphatic heterocycles. The quantitative estimate of drug-likeness (QED) is 0.640. The number of hydrogen-bond donors (Lipinski definition) is 2. The van der Waals surface area contributed by atoms with Crippen LogP contribution in [0.1, 0.15) is 27.9 Å². The molecule has 2 nitrogen and oxygen atoms in total. The number of benzene rings is 2. The molecule has 0 aromatic heterocycles. The molecule has 0 aliphatic carbocycles. The summed E-state index contributed by atoms with van der Waals surface area (Å²) < 4.78 is 0. The minimum absolute atomic E-state index is 0.129. The van der Waals surface area contributed by atoms with Crippen LogP contribution in [0.5, 0.6) is 0 Å². The molecule has 0 bridgehead atoms. The summed E-state index contributed by atoms with van der Waals surface area (Å²) in [6, 6.07) is 12.2. The van der Waals surface area contributed by atoms with E-state index in [4.69, 9.17) is 11.5 Å². The van der Waals surface area contributed by atoms with Gasteiger partial charge in [0.05, 0.1) is 0 Å². The van der Waals surface area contributed by atoms with Crippen LogP contribution in [0.3, 0.4) is 0 Å². The lowest BCUT2D eigenvalue weighted by Crippen LogP contribution is -2.04. The van der Waals surface area contributed by atoms with Crippen molar-refractivity contribution < 1.29 is 0 Å². The number of para-hydroxylation sites is 2. The first-order chi connectivity index (χ1) is 8.52. The van der Waals surface area contributed by atoms with Gasteiger partial charge in [0.25, 0.3) is 0 Å². The van der Waals surface area contributed by atoms with E-state index < -0.39 is 0 Å². The van der Waals surface area contributed by atoms with Gasteiger partial charge >= 0.3 is 0 Å². The van der Waals surface area contributed by atoms with E-state index in [0.29, 0.717) is 0 Å². The fourth-order valence-corrected chi connectivity index (χ4v) is 2.70. The van der Waals surface area contributed by atoms with Gasteiger partial charge in [-0.3, -0.25) is 0 Å². The second kappa shape index (κ2) is 4.99. The Morgan fingerprint density at radius 1 is 0.833 bits per heavy atom. The Kier molecular flexibility index (Phi) is 3.58. The number of aryl methyl sites for hydroxylation is 2. The molecule has 0 aliphatic rings. The lowest BCUT2D eigenvalue weighted by atomic mass is 9.97. The molecule has 4 N–H and O–H groups in total. The van der Waals surface area contributed by atoms with Gasteiger partial charge in [-0.15, -0.1) is 9.24 Å². The van der Waals surface area contributed by atoms with Gasteiger partial charge in [-0.1, -0.05) is 36.4 Å². The third-order valence-electron chi connectivity index (χ3n) is 3.39. The maximum atomic E-state index is 6.15. The average Bonchev–Trinajstić information content (AvgIpc) is 2.35. The van der Waals surface area contributed by atoms with Crippen LogP contribution < -0.4 is 11.5 Å². The third kappa shape index (κ3) is 2.21. The molecule has 0 heterocycles. The summed E-state index contributed by atoms with van der Waals surface area (Å²) in [4.78, 5) is 0. The number of anilines is 2. The highest BCUT2D eigenvalue weighted by molar-refractivity contribution is 7.17. The fraction of sp³-hybridized carbons (Fsp3) is 0.200. The molecule has 0 radical (unpaired) electrons. The van der Waals surface area contributed by atoms with Crippen LogP contribution >= 0.6 is 9.24 Å². The molecule has 1 atom stereocenters. The number of nitrogen functional groups attached to an aromatic ring is 2. The molecule has 2 aromatic carbocycles. The summed E-state index contributed by atoms with van der Waals surface area (Å²) in [6.07, 6.45) is 0. The largest absolute Gasteiger partial charge is 0.398 e. The predicted molar refractivity (Wildman–Crippen MR) is 82.7 cm³/mol. The van der Waals surface area contributed by atoms with Gasteiger partial charge in [-0.25, -0.2) is 0 Å². The van der Waals surface area contributed by atoms with E-state index in [0.717, 1.165) is 33.6 Å². The summed E-state index contributed by atoms with van der Waals surface area (Å²) in [5, 5.41) is 0. The number of hydrogen-bond acceptors (Lipinski definition) is 2. The highest BCUT2D eigenvalue weighted by Gasteiger charge is 2.15. The second-order valence-electron chi connectivity index (χ2n) is 4.63. The molecular weight excluding hydrogens is 239 g/mol. The first-order valence-corrected chi connectivity index (χ1v) is 6.64. The maximum absolute atomic E-state index is 6.15. The van der Waals surface area contributed by atoms with Crippen molar-refractivity contribution in [2.45, 2.75) is 19.5 Å². The minimum Gasteiger partial charge on any atom is -0.398 e. The Hall–Kier alpha value is -1.53. The van der Waals surface area contributed by atoms with Gasteiger partial charge in [0.2, 0.25) is 0 Å². The van der Waals surface area contributed by atoms with Gasteiger partial charge in [-0.2, -0.15) is 0 Å². The van der Waals surface area contributed by atoms with Crippen molar-refractivity contribution in [1.82, 2.24) is 0 Å². The van der Waals surface area contributed by atoms with Crippen molar-refractivity contribution in [1.29, 1.82) is 0 Å². The summed E-state index contributed by atoms with van der Waals surface area (Å²) in [5.41, 5.74) is 18.6. The van der Waals surface area contributed by atoms with Crippen molar-refractivity contribution in [2.75, 3.05) is 11.5 Å². The topological polar surface area (TPSA) is 52.0 Å². The zero-order valence-electron chi connectivity index (χ0n) is 10.8. The molecule has 0 spiro atoms. The second-order valence-corrected chi connectivity index (χ2v) is 5.30.